The lowest BCUT2D eigenvalue weighted by Crippen LogP contribution is -2.41. The smallest absolute Gasteiger partial charge is 0.193 e. The zero-order valence-corrected chi connectivity index (χ0v) is 13.5. The number of rotatable bonds is 4. The average molecular weight is 316 g/mol. The second kappa shape index (κ2) is 7.29. The van der Waals surface area contributed by atoms with Gasteiger partial charge in [-0.15, -0.1) is 11.3 Å². The summed E-state index contributed by atoms with van der Waals surface area (Å²) in [6.45, 7) is 1.56. The lowest BCUT2D eigenvalue weighted by molar-refractivity contribution is 0.134. The van der Waals surface area contributed by atoms with Crippen LogP contribution in [0.25, 0.3) is 0 Å². The van der Waals surface area contributed by atoms with E-state index < -0.39 is 0 Å². The van der Waals surface area contributed by atoms with Gasteiger partial charge in [0.15, 0.2) is 5.96 Å². The van der Waals surface area contributed by atoms with Crippen molar-refractivity contribution in [2.24, 2.45) is 10.9 Å². The summed E-state index contributed by atoms with van der Waals surface area (Å²) in [6, 6.07) is 3.96. The largest absolute Gasteiger partial charge is 0.393 e. The highest BCUT2D eigenvalue weighted by Crippen LogP contribution is 2.25. The van der Waals surface area contributed by atoms with Crippen LogP contribution in [0.3, 0.4) is 0 Å². The van der Waals surface area contributed by atoms with Crippen LogP contribution >= 0.6 is 22.9 Å². The van der Waals surface area contributed by atoms with Crippen molar-refractivity contribution in [1.82, 2.24) is 10.2 Å². The molecule has 0 aromatic carbocycles. The van der Waals surface area contributed by atoms with Crippen molar-refractivity contribution in [3.05, 3.63) is 21.3 Å². The summed E-state index contributed by atoms with van der Waals surface area (Å²) >= 11 is 7.54. The van der Waals surface area contributed by atoms with E-state index >= 15 is 0 Å². The molecule has 4 nitrogen and oxygen atoms in total. The van der Waals surface area contributed by atoms with Crippen LogP contribution in [0.15, 0.2) is 17.1 Å². The number of halogens is 1. The Kier molecular flexibility index (Phi) is 5.69. The first-order valence-electron chi connectivity index (χ1n) is 6.94. The number of nitrogens with one attached hydrogen (secondary N) is 1. The highest BCUT2D eigenvalue weighted by Gasteiger charge is 2.25. The molecule has 0 radical (unpaired) electrons. The van der Waals surface area contributed by atoms with Gasteiger partial charge >= 0.3 is 0 Å². The van der Waals surface area contributed by atoms with E-state index in [-0.39, 0.29) is 6.10 Å². The third kappa shape index (κ3) is 4.11. The van der Waals surface area contributed by atoms with Crippen molar-refractivity contribution in [2.75, 3.05) is 20.6 Å². The normalized spacial score (nSPS) is 23.1. The van der Waals surface area contributed by atoms with Crippen LogP contribution in [-0.4, -0.2) is 42.7 Å². The first-order chi connectivity index (χ1) is 9.60. The molecule has 1 saturated carbocycles. The minimum Gasteiger partial charge on any atom is -0.393 e. The summed E-state index contributed by atoms with van der Waals surface area (Å²) in [4.78, 5) is 7.58. The number of thiophene rings is 1. The lowest BCUT2D eigenvalue weighted by atomic mass is 10.1. The van der Waals surface area contributed by atoms with Crippen LogP contribution in [0.5, 0.6) is 0 Å². The third-order valence-electron chi connectivity index (χ3n) is 3.74. The molecule has 0 bridgehead atoms. The van der Waals surface area contributed by atoms with Crippen LogP contribution in [-0.2, 0) is 6.54 Å². The highest BCUT2D eigenvalue weighted by atomic mass is 35.5. The second-order valence-corrected chi connectivity index (χ2v) is 7.05. The molecule has 2 unspecified atom stereocenters. The molecule has 0 amide bonds. The van der Waals surface area contributed by atoms with Crippen molar-refractivity contribution in [1.29, 1.82) is 0 Å². The van der Waals surface area contributed by atoms with Gasteiger partial charge in [0, 0.05) is 31.4 Å². The van der Waals surface area contributed by atoms with Crippen LogP contribution in [0.4, 0.5) is 0 Å². The van der Waals surface area contributed by atoms with Gasteiger partial charge in [-0.25, -0.2) is 0 Å². The summed E-state index contributed by atoms with van der Waals surface area (Å²) in [5.74, 6) is 1.20. The van der Waals surface area contributed by atoms with Crippen LogP contribution < -0.4 is 5.32 Å². The number of aliphatic imine (C=N–C) groups is 1. The van der Waals surface area contributed by atoms with Crippen molar-refractivity contribution < 1.29 is 5.11 Å². The topological polar surface area (TPSA) is 47.9 Å². The molecule has 2 atom stereocenters. The Morgan fingerprint density at radius 2 is 2.35 bits per heavy atom. The van der Waals surface area contributed by atoms with Gasteiger partial charge in [0.25, 0.3) is 0 Å². The van der Waals surface area contributed by atoms with Crippen molar-refractivity contribution in [2.45, 2.75) is 31.9 Å². The molecule has 112 valence electrons. The van der Waals surface area contributed by atoms with Gasteiger partial charge in [0.05, 0.1) is 17.0 Å². The molecule has 0 aliphatic heterocycles. The minimum absolute atomic E-state index is 0.165. The molecule has 1 fully saturated rings. The van der Waals surface area contributed by atoms with E-state index in [1.165, 1.54) is 4.88 Å². The van der Waals surface area contributed by atoms with Gasteiger partial charge in [0.1, 0.15) is 0 Å². The monoisotopic (exact) mass is 315 g/mol. The maximum absolute atomic E-state index is 9.84. The third-order valence-corrected chi connectivity index (χ3v) is 4.95. The number of nitrogens with zero attached hydrogens (tertiary/aromatic N) is 2. The van der Waals surface area contributed by atoms with E-state index in [4.69, 9.17) is 11.6 Å². The van der Waals surface area contributed by atoms with Gasteiger partial charge in [-0.3, -0.25) is 4.99 Å². The molecule has 2 rings (SSSR count). The quantitative estimate of drug-likeness (QED) is 0.663. The Hall–Kier alpha value is -0.780. The summed E-state index contributed by atoms with van der Waals surface area (Å²) < 4.78 is 0.811. The van der Waals surface area contributed by atoms with E-state index in [0.717, 1.165) is 42.6 Å². The van der Waals surface area contributed by atoms with E-state index in [0.29, 0.717) is 5.92 Å². The fourth-order valence-corrected chi connectivity index (χ4v) is 3.75. The highest BCUT2D eigenvalue weighted by molar-refractivity contribution is 7.16. The fourth-order valence-electron chi connectivity index (χ4n) is 2.61. The predicted molar refractivity (Wildman–Crippen MR) is 85.5 cm³/mol. The lowest BCUT2D eigenvalue weighted by Gasteiger charge is -2.23. The molecule has 20 heavy (non-hydrogen) atoms. The first-order valence-corrected chi connectivity index (χ1v) is 8.13. The molecular weight excluding hydrogens is 294 g/mol. The Morgan fingerprint density at radius 3 is 2.90 bits per heavy atom. The Balaban J connectivity index is 1.84. The van der Waals surface area contributed by atoms with Crippen molar-refractivity contribution in [3.63, 3.8) is 0 Å². The molecular formula is C14H22ClN3OS. The van der Waals surface area contributed by atoms with Crippen LogP contribution in [0, 0.1) is 5.92 Å². The fraction of sp³-hybridized carbons (Fsp3) is 0.643. The molecule has 0 spiro atoms. The summed E-state index contributed by atoms with van der Waals surface area (Å²) in [5.41, 5.74) is 0. The Bertz CT molecular complexity index is 463. The van der Waals surface area contributed by atoms with E-state index in [9.17, 15) is 5.11 Å². The number of aliphatic hydroxyl groups is 1. The molecule has 1 aromatic rings. The molecule has 1 heterocycles. The molecule has 0 saturated heterocycles. The minimum atomic E-state index is -0.165. The molecule has 6 heteroatoms. The summed E-state index contributed by atoms with van der Waals surface area (Å²) in [6.07, 6.45) is 2.97. The van der Waals surface area contributed by atoms with E-state index in [2.05, 4.69) is 15.2 Å². The molecule has 1 aliphatic rings. The van der Waals surface area contributed by atoms with Gasteiger partial charge < -0.3 is 15.3 Å². The van der Waals surface area contributed by atoms with Gasteiger partial charge in [0.2, 0.25) is 0 Å². The SMILES string of the molecule is CN=C(NCC1CCCC1O)N(C)Cc1ccc(Cl)s1. The first kappa shape index (κ1) is 15.6. The maximum Gasteiger partial charge on any atom is 0.193 e. The zero-order valence-electron chi connectivity index (χ0n) is 12.0. The number of hydrogen-bond donors (Lipinski definition) is 2. The Labute approximate surface area is 129 Å². The molecule has 1 aliphatic carbocycles. The van der Waals surface area contributed by atoms with Crippen molar-refractivity contribution in [3.8, 4) is 0 Å². The van der Waals surface area contributed by atoms with Gasteiger partial charge in [-0.1, -0.05) is 18.0 Å². The number of guanidine groups is 1. The molecule has 1 aromatic heterocycles. The second-order valence-electron chi connectivity index (χ2n) is 5.25. The van der Waals surface area contributed by atoms with Crippen LogP contribution in [0.1, 0.15) is 24.1 Å². The predicted octanol–water partition coefficient (Wildman–Crippen LogP) is 2.57. The average Bonchev–Trinajstić information content (AvgIpc) is 3.00. The zero-order chi connectivity index (χ0) is 14.5. The van der Waals surface area contributed by atoms with E-state index in [1.807, 2.05) is 19.2 Å². The maximum atomic E-state index is 9.84. The number of aliphatic hydroxyl groups excluding tert-OH is 1. The Morgan fingerprint density at radius 1 is 1.55 bits per heavy atom. The summed E-state index contributed by atoms with van der Waals surface area (Å²) in [5, 5.41) is 13.2. The van der Waals surface area contributed by atoms with Gasteiger partial charge in [-0.2, -0.15) is 0 Å². The van der Waals surface area contributed by atoms with Gasteiger partial charge in [-0.05, 0) is 25.0 Å². The summed E-state index contributed by atoms with van der Waals surface area (Å²) in [7, 11) is 3.79. The van der Waals surface area contributed by atoms with Crippen LogP contribution in [0.2, 0.25) is 4.34 Å². The van der Waals surface area contributed by atoms with Crippen molar-refractivity contribution >= 4 is 28.9 Å². The number of hydrogen-bond acceptors (Lipinski definition) is 3. The molecule has 2 N–H and O–H groups in total. The van der Waals surface area contributed by atoms with E-state index in [1.54, 1.807) is 18.4 Å². The standard InChI is InChI=1S/C14H22ClN3OS/c1-16-14(17-8-10-4-3-5-12(10)19)18(2)9-11-6-7-13(15)20-11/h6-7,10,12,19H,3-5,8-9H2,1-2H3,(H,16,17).